The quantitative estimate of drug-likeness (QED) is 0.136. The van der Waals surface area contributed by atoms with E-state index in [0.717, 1.165) is 0 Å². The SMILES string of the molecule is CC1(C)c2ccccc2-c2c1c1ccc(-c3ccc(-c4c5ccccc5c(-c5ccccc5)c5ccccc45)cc3)cc1c1ccccc21. The molecular weight excluding hydrogens is 589 g/mol. The minimum Gasteiger partial charge on any atom is -0.0622 e. The molecular formula is C49H34. The number of benzene rings is 9. The molecule has 0 aromatic heterocycles. The highest BCUT2D eigenvalue weighted by molar-refractivity contribution is 6.22. The molecule has 49 heavy (non-hydrogen) atoms. The van der Waals surface area contributed by atoms with Crippen molar-refractivity contribution in [2.75, 3.05) is 0 Å². The van der Waals surface area contributed by atoms with Crippen LogP contribution in [0.2, 0.25) is 0 Å². The Labute approximate surface area is 286 Å². The second kappa shape index (κ2) is 10.5. The molecule has 0 bridgehead atoms. The molecule has 0 heterocycles. The van der Waals surface area contributed by atoms with Gasteiger partial charge in [-0.25, -0.2) is 0 Å². The van der Waals surface area contributed by atoms with Crippen molar-refractivity contribution in [2.24, 2.45) is 0 Å². The fraction of sp³-hybridized carbons (Fsp3) is 0.0612. The third-order valence-corrected chi connectivity index (χ3v) is 11.0. The monoisotopic (exact) mass is 622 g/mol. The van der Waals surface area contributed by atoms with Crippen molar-refractivity contribution in [3.8, 4) is 44.5 Å². The van der Waals surface area contributed by atoms with Gasteiger partial charge in [0.2, 0.25) is 0 Å². The van der Waals surface area contributed by atoms with Crippen LogP contribution in [-0.4, -0.2) is 0 Å². The first-order valence-electron chi connectivity index (χ1n) is 17.3. The van der Waals surface area contributed by atoms with E-state index in [1.165, 1.54) is 98.7 Å². The lowest BCUT2D eigenvalue weighted by atomic mass is 9.79. The van der Waals surface area contributed by atoms with Crippen LogP contribution in [0.5, 0.6) is 0 Å². The summed E-state index contributed by atoms with van der Waals surface area (Å²) in [6, 6.07) is 62.9. The van der Waals surface area contributed by atoms with Crippen LogP contribution in [0.15, 0.2) is 170 Å². The minimum atomic E-state index is -0.0705. The van der Waals surface area contributed by atoms with Crippen molar-refractivity contribution >= 4 is 43.1 Å². The lowest BCUT2D eigenvalue weighted by Gasteiger charge is -2.24. The Balaban J connectivity index is 1.15. The average Bonchev–Trinajstić information content (AvgIpc) is 3.41. The van der Waals surface area contributed by atoms with Gasteiger partial charge in [0.1, 0.15) is 0 Å². The van der Waals surface area contributed by atoms with E-state index in [1.807, 2.05) is 0 Å². The molecule has 0 saturated heterocycles. The standard InChI is InChI=1S/C49H34/c1-49(2)44-23-13-12-22-42(44)47-36-17-7-6-16-35(36)43-30-34(28-29-41(43)48(47)49)31-24-26-33(27-25-31)46-39-20-10-8-18-37(39)45(32-14-4-3-5-15-32)38-19-9-11-21-40(38)46/h3-30H,1-2H3. The molecule has 0 saturated carbocycles. The third kappa shape index (κ3) is 4.04. The van der Waals surface area contributed by atoms with E-state index in [9.17, 15) is 0 Å². The maximum Gasteiger partial charge on any atom is 0.0165 e. The number of hydrogen-bond donors (Lipinski definition) is 0. The summed E-state index contributed by atoms with van der Waals surface area (Å²) in [5.41, 5.74) is 13.1. The van der Waals surface area contributed by atoms with Crippen molar-refractivity contribution in [1.82, 2.24) is 0 Å². The zero-order chi connectivity index (χ0) is 32.7. The number of rotatable bonds is 3. The van der Waals surface area contributed by atoms with E-state index in [1.54, 1.807) is 0 Å². The maximum atomic E-state index is 2.42. The van der Waals surface area contributed by atoms with E-state index in [2.05, 4.69) is 184 Å². The van der Waals surface area contributed by atoms with E-state index >= 15 is 0 Å². The maximum absolute atomic E-state index is 2.42. The first-order chi connectivity index (χ1) is 24.1. The third-order valence-electron chi connectivity index (χ3n) is 11.0. The Morgan fingerprint density at radius 1 is 0.306 bits per heavy atom. The Morgan fingerprint density at radius 2 is 0.755 bits per heavy atom. The topological polar surface area (TPSA) is 0 Å². The lowest BCUT2D eigenvalue weighted by molar-refractivity contribution is 0.666. The molecule has 0 radical (unpaired) electrons. The molecule has 9 aromatic carbocycles. The number of hydrogen-bond acceptors (Lipinski definition) is 0. The van der Waals surface area contributed by atoms with Gasteiger partial charge in [0.05, 0.1) is 0 Å². The smallest absolute Gasteiger partial charge is 0.0165 e. The van der Waals surface area contributed by atoms with E-state index in [0.29, 0.717) is 0 Å². The Bertz CT molecular complexity index is 2710. The molecule has 0 atom stereocenters. The van der Waals surface area contributed by atoms with Gasteiger partial charge >= 0.3 is 0 Å². The highest BCUT2D eigenvalue weighted by Gasteiger charge is 2.38. The molecule has 0 N–H and O–H groups in total. The van der Waals surface area contributed by atoms with Gasteiger partial charge in [0, 0.05) is 5.41 Å². The molecule has 0 amide bonds. The average molecular weight is 623 g/mol. The fourth-order valence-corrected chi connectivity index (χ4v) is 8.86. The lowest BCUT2D eigenvalue weighted by Crippen LogP contribution is -2.15. The predicted octanol–water partition coefficient (Wildman–Crippen LogP) is 13.6. The molecule has 0 spiro atoms. The second-order valence-corrected chi connectivity index (χ2v) is 14.0. The van der Waals surface area contributed by atoms with Crippen molar-refractivity contribution in [1.29, 1.82) is 0 Å². The van der Waals surface area contributed by atoms with Gasteiger partial charge in [-0.1, -0.05) is 178 Å². The molecule has 10 rings (SSSR count). The summed E-state index contributed by atoms with van der Waals surface area (Å²) in [6.07, 6.45) is 0. The molecule has 0 unspecified atom stereocenters. The summed E-state index contributed by atoms with van der Waals surface area (Å²) >= 11 is 0. The van der Waals surface area contributed by atoms with Gasteiger partial charge in [-0.05, 0) is 105 Å². The van der Waals surface area contributed by atoms with Crippen LogP contribution in [0, 0.1) is 0 Å². The highest BCUT2D eigenvalue weighted by Crippen LogP contribution is 2.54. The van der Waals surface area contributed by atoms with Crippen LogP contribution in [0.4, 0.5) is 0 Å². The first-order valence-corrected chi connectivity index (χ1v) is 17.3. The second-order valence-electron chi connectivity index (χ2n) is 14.0. The van der Waals surface area contributed by atoms with E-state index < -0.39 is 0 Å². The normalized spacial score (nSPS) is 13.3. The summed E-state index contributed by atoms with van der Waals surface area (Å²) in [7, 11) is 0. The summed E-state index contributed by atoms with van der Waals surface area (Å²) in [5.74, 6) is 0. The van der Waals surface area contributed by atoms with Crippen LogP contribution in [0.3, 0.4) is 0 Å². The Morgan fingerprint density at radius 3 is 1.37 bits per heavy atom. The predicted molar refractivity (Wildman–Crippen MR) is 210 cm³/mol. The van der Waals surface area contributed by atoms with Crippen LogP contribution < -0.4 is 0 Å². The molecule has 0 fully saturated rings. The minimum absolute atomic E-state index is 0.0705. The number of fused-ring (bicyclic) bond motifs is 10. The molecule has 0 aliphatic heterocycles. The highest BCUT2D eigenvalue weighted by atomic mass is 14.4. The zero-order valence-electron chi connectivity index (χ0n) is 27.7. The molecule has 9 aromatic rings. The van der Waals surface area contributed by atoms with E-state index in [-0.39, 0.29) is 5.41 Å². The summed E-state index contributed by atoms with van der Waals surface area (Å²) < 4.78 is 0. The summed E-state index contributed by atoms with van der Waals surface area (Å²) in [6.45, 7) is 4.77. The summed E-state index contributed by atoms with van der Waals surface area (Å²) in [4.78, 5) is 0. The van der Waals surface area contributed by atoms with Crippen molar-refractivity contribution in [3.63, 3.8) is 0 Å². The van der Waals surface area contributed by atoms with Gasteiger partial charge in [-0.2, -0.15) is 0 Å². The van der Waals surface area contributed by atoms with Crippen LogP contribution in [0.1, 0.15) is 25.0 Å². The van der Waals surface area contributed by atoms with Crippen molar-refractivity contribution in [2.45, 2.75) is 19.3 Å². The van der Waals surface area contributed by atoms with Gasteiger partial charge in [-0.3, -0.25) is 0 Å². The fourth-order valence-electron chi connectivity index (χ4n) is 8.86. The van der Waals surface area contributed by atoms with E-state index in [4.69, 9.17) is 0 Å². The van der Waals surface area contributed by atoms with Crippen molar-refractivity contribution < 1.29 is 0 Å². The Hall–Kier alpha value is -5.98. The van der Waals surface area contributed by atoms with Crippen LogP contribution in [-0.2, 0) is 5.41 Å². The van der Waals surface area contributed by atoms with Gasteiger partial charge in [0.15, 0.2) is 0 Å². The molecule has 230 valence electrons. The molecule has 0 heteroatoms. The molecule has 1 aliphatic carbocycles. The first kappa shape index (κ1) is 28.1. The van der Waals surface area contributed by atoms with Crippen molar-refractivity contribution in [3.05, 3.63) is 181 Å². The van der Waals surface area contributed by atoms with Gasteiger partial charge in [0.25, 0.3) is 0 Å². The van der Waals surface area contributed by atoms with Crippen LogP contribution >= 0.6 is 0 Å². The summed E-state index contributed by atoms with van der Waals surface area (Å²) in [5, 5.41) is 10.5. The van der Waals surface area contributed by atoms with Gasteiger partial charge in [-0.15, -0.1) is 0 Å². The Kier molecular flexibility index (Phi) is 6.02. The molecule has 0 nitrogen and oxygen atoms in total. The van der Waals surface area contributed by atoms with Gasteiger partial charge < -0.3 is 0 Å². The zero-order valence-corrected chi connectivity index (χ0v) is 27.7. The molecule has 1 aliphatic rings. The largest absolute Gasteiger partial charge is 0.0622 e. The van der Waals surface area contributed by atoms with Crippen LogP contribution in [0.25, 0.3) is 87.6 Å².